The maximum absolute atomic E-state index is 11.6. The Balaban J connectivity index is 1.92. The molecule has 3 atom stereocenters. The first-order valence-electron chi connectivity index (χ1n) is 8.20. The molecule has 0 saturated carbocycles. The first kappa shape index (κ1) is 14.9. The number of nitrogens with zero attached hydrogens (tertiary/aromatic N) is 2. The van der Waals surface area contributed by atoms with E-state index in [2.05, 4.69) is 29.4 Å². The minimum atomic E-state index is -0.285. The van der Waals surface area contributed by atoms with Crippen molar-refractivity contribution < 1.29 is 4.92 Å². The molecule has 1 aromatic heterocycles. The van der Waals surface area contributed by atoms with Crippen LogP contribution in [0.15, 0.2) is 42.6 Å². The van der Waals surface area contributed by atoms with Gasteiger partial charge in [0.15, 0.2) is 0 Å². The van der Waals surface area contributed by atoms with E-state index in [1.165, 1.54) is 0 Å². The molecule has 1 N–H and O–H groups in total. The van der Waals surface area contributed by atoms with Gasteiger partial charge in [-0.05, 0) is 55.0 Å². The second-order valence-corrected chi connectivity index (χ2v) is 6.61. The van der Waals surface area contributed by atoms with Crippen molar-refractivity contribution in [2.24, 2.45) is 5.92 Å². The molecule has 5 nitrogen and oxygen atoms in total. The predicted octanol–water partition coefficient (Wildman–Crippen LogP) is 4.43. The average Bonchev–Trinajstić information content (AvgIpc) is 3.07. The molecular weight excluding hydrogens is 302 g/mol. The second-order valence-electron chi connectivity index (χ2n) is 6.61. The summed E-state index contributed by atoms with van der Waals surface area (Å²) in [4.78, 5) is 15.8. The van der Waals surface area contributed by atoms with Gasteiger partial charge < -0.3 is 5.32 Å². The first-order chi connectivity index (χ1) is 11.6. The normalized spacial score (nSPS) is 24.2. The number of nitro benzene ring substituents is 1. The fourth-order valence-corrected chi connectivity index (χ4v) is 4.08. The highest BCUT2D eigenvalue weighted by Gasteiger charge is 2.42. The lowest BCUT2D eigenvalue weighted by molar-refractivity contribution is -0.384. The third kappa shape index (κ3) is 2.12. The van der Waals surface area contributed by atoms with Crippen molar-refractivity contribution in [1.29, 1.82) is 0 Å². The third-order valence-corrected chi connectivity index (χ3v) is 5.35. The zero-order chi connectivity index (χ0) is 16.8. The standard InChI is InChI=1S/C19H19N3O2/c1-11-10-16(22(23)24)19-17(12(11)2)13-6-5-7-14(13)18(21-19)15-8-3-4-9-20-15/h3-6,8-10,13-14,18,21H,7H2,1-2H3/t13-,14+,18-/m1/s1. The van der Waals surface area contributed by atoms with Gasteiger partial charge in [0.25, 0.3) is 5.69 Å². The van der Waals surface area contributed by atoms with E-state index in [0.717, 1.165) is 28.8 Å². The lowest BCUT2D eigenvalue weighted by Gasteiger charge is -2.37. The second kappa shape index (κ2) is 5.44. The third-order valence-electron chi connectivity index (χ3n) is 5.35. The summed E-state index contributed by atoms with van der Waals surface area (Å²) in [6.45, 7) is 4.00. The molecular formula is C19H19N3O2. The van der Waals surface area contributed by atoms with Gasteiger partial charge in [-0.2, -0.15) is 0 Å². The molecule has 24 heavy (non-hydrogen) atoms. The average molecular weight is 321 g/mol. The molecule has 0 radical (unpaired) electrons. The Bertz CT molecular complexity index is 845. The van der Waals surface area contributed by atoms with Crippen LogP contribution in [0.1, 0.15) is 40.8 Å². The number of aryl methyl sites for hydroxylation is 1. The summed E-state index contributed by atoms with van der Waals surface area (Å²) in [6, 6.07) is 7.51. The van der Waals surface area contributed by atoms with Crippen LogP contribution in [0.2, 0.25) is 0 Å². The summed E-state index contributed by atoms with van der Waals surface area (Å²) < 4.78 is 0. The molecule has 1 aliphatic carbocycles. The van der Waals surface area contributed by atoms with Crippen molar-refractivity contribution in [3.8, 4) is 0 Å². The van der Waals surface area contributed by atoms with Gasteiger partial charge in [0.2, 0.25) is 0 Å². The van der Waals surface area contributed by atoms with E-state index < -0.39 is 0 Å². The van der Waals surface area contributed by atoms with Gasteiger partial charge in [-0.25, -0.2) is 0 Å². The number of nitrogens with one attached hydrogen (secondary N) is 1. The van der Waals surface area contributed by atoms with Crippen LogP contribution in [0.25, 0.3) is 0 Å². The molecule has 0 spiro atoms. The predicted molar refractivity (Wildman–Crippen MR) is 93.2 cm³/mol. The highest BCUT2D eigenvalue weighted by molar-refractivity contribution is 5.74. The van der Waals surface area contributed by atoms with Gasteiger partial charge in [0.05, 0.1) is 16.7 Å². The number of hydrogen-bond donors (Lipinski definition) is 1. The Labute approximate surface area is 140 Å². The van der Waals surface area contributed by atoms with Crippen LogP contribution >= 0.6 is 0 Å². The summed E-state index contributed by atoms with van der Waals surface area (Å²) in [5.74, 6) is 0.541. The topological polar surface area (TPSA) is 68.1 Å². The SMILES string of the molecule is Cc1cc([N+](=O)[O-])c2c(c1C)[C@@H]1C=CC[C@@H]1[C@H](c1ccccn1)N2. The van der Waals surface area contributed by atoms with Gasteiger partial charge in [-0.1, -0.05) is 18.2 Å². The van der Waals surface area contributed by atoms with Crippen LogP contribution in [0.5, 0.6) is 0 Å². The quantitative estimate of drug-likeness (QED) is 0.504. The van der Waals surface area contributed by atoms with E-state index >= 15 is 0 Å². The van der Waals surface area contributed by atoms with Crippen LogP contribution in [-0.2, 0) is 0 Å². The lowest BCUT2D eigenvalue weighted by atomic mass is 9.75. The van der Waals surface area contributed by atoms with Gasteiger partial charge in [-0.3, -0.25) is 15.1 Å². The van der Waals surface area contributed by atoms with Crippen LogP contribution in [-0.4, -0.2) is 9.91 Å². The van der Waals surface area contributed by atoms with E-state index in [9.17, 15) is 10.1 Å². The largest absolute Gasteiger partial charge is 0.371 e. The van der Waals surface area contributed by atoms with Crippen molar-refractivity contribution in [3.05, 3.63) is 75.1 Å². The molecule has 0 saturated heterocycles. The Kier molecular flexibility index (Phi) is 3.37. The molecule has 0 bridgehead atoms. The van der Waals surface area contributed by atoms with E-state index in [-0.39, 0.29) is 22.6 Å². The molecule has 2 aromatic rings. The molecule has 1 aliphatic heterocycles. The number of benzene rings is 1. The van der Waals surface area contributed by atoms with E-state index in [4.69, 9.17) is 0 Å². The van der Waals surface area contributed by atoms with Crippen LogP contribution in [0, 0.1) is 29.9 Å². The number of hydrogen-bond acceptors (Lipinski definition) is 4. The molecule has 5 heteroatoms. The van der Waals surface area contributed by atoms with Crippen LogP contribution in [0.3, 0.4) is 0 Å². The number of anilines is 1. The Morgan fingerprint density at radius 2 is 2.17 bits per heavy atom. The Hall–Kier alpha value is -2.69. The molecule has 122 valence electrons. The van der Waals surface area contributed by atoms with Gasteiger partial charge in [-0.15, -0.1) is 0 Å². The number of fused-ring (bicyclic) bond motifs is 3. The van der Waals surface area contributed by atoms with Crippen molar-refractivity contribution in [1.82, 2.24) is 4.98 Å². The fourth-order valence-electron chi connectivity index (χ4n) is 4.08. The van der Waals surface area contributed by atoms with Crippen molar-refractivity contribution in [3.63, 3.8) is 0 Å². The monoisotopic (exact) mass is 321 g/mol. The maximum Gasteiger partial charge on any atom is 0.292 e. The molecule has 0 amide bonds. The number of aromatic nitrogens is 1. The summed E-state index contributed by atoms with van der Waals surface area (Å²) in [6.07, 6.45) is 7.13. The van der Waals surface area contributed by atoms with Crippen molar-refractivity contribution in [2.45, 2.75) is 32.2 Å². The minimum absolute atomic E-state index is 0.0143. The molecule has 2 aliphatic rings. The fraction of sp³-hybridized carbons (Fsp3) is 0.316. The number of rotatable bonds is 2. The number of nitro groups is 1. The molecule has 0 unspecified atom stereocenters. The van der Waals surface area contributed by atoms with Gasteiger partial charge in [0.1, 0.15) is 5.69 Å². The zero-order valence-corrected chi connectivity index (χ0v) is 13.7. The lowest BCUT2D eigenvalue weighted by Crippen LogP contribution is -2.31. The summed E-state index contributed by atoms with van der Waals surface area (Å²) in [7, 11) is 0. The van der Waals surface area contributed by atoms with E-state index in [1.807, 2.05) is 25.1 Å². The molecule has 2 heterocycles. The molecule has 4 rings (SSSR count). The number of allylic oxidation sites excluding steroid dienone is 2. The van der Waals surface area contributed by atoms with Gasteiger partial charge >= 0.3 is 0 Å². The number of pyridine rings is 1. The van der Waals surface area contributed by atoms with Crippen LogP contribution < -0.4 is 5.32 Å². The van der Waals surface area contributed by atoms with Gasteiger partial charge in [0, 0.05) is 18.2 Å². The first-order valence-corrected chi connectivity index (χ1v) is 8.20. The minimum Gasteiger partial charge on any atom is -0.371 e. The van der Waals surface area contributed by atoms with Crippen molar-refractivity contribution in [2.75, 3.05) is 5.32 Å². The smallest absolute Gasteiger partial charge is 0.292 e. The maximum atomic E-state index is 11.6. The summed E-state index contributed by atoms with van der Waals surface area (Å²) in [5.41, 5.74) is 4.95. The molecule has 0 fully saturated rings. The van der Waals surface area contributed by atoms with Crippen LogP contribution in [0.4, 0.5) is 11.4 Å². The Morgan fingerprint density at radius 1 is 1.33 bits per heavy atom. The highest BCUT2D eigenvalue weighted by atomic mass is 16.6. The highest BCUT2D eigenvalue weighted by Crippen LogP contribution is 2.53. The molecule has 1 aromatic carbocycles. The van der Waals surface area contributed by atoms with E-state index in [0.29, 0.717) is 11.6 Å². The Morgan fingerprint density at radius 3 is 2.88 bits per heavy atom. The summed E-state index contributed by atoms with van der Waals surface area (Å²) >= 11 is 0. The van der Waals surface area contributed by atoms with Crippen molar-refractivity contribution >= 4 is 11.4 Å². The zero-order valence-electron chi connectivity index (χ0n) is 13.7. The van der Waals surface area contributed by atoms with E-state index in [1.54, 1.807) is 12.3 Å². The summed E-state index contributed by atoms with van der Waals surface area (Å²) in [5, 5.41) is 15.1.